The third kappa shape index (κ3) is 5.49. The molecule has 0 saturated carbocycles. The van der Waals surface area contributed by atoms with E-state index in [2.05, 4.69) is 24.5 Å². The molecule has 1 aromatic carbocycles. The van der Waals surface area contributed by atoms with Crippen LogP contribution >= 0.6 is 45.9 Å². The van der Waals surface area contributed by atoms with Gasteiger partial charge in [-0.2, -0.15) is 0 Å². The van der Waals surface area contributed by atoms with Crippen LogP contribution in [0.4, 0.5) is 10.8 Å². The molecule has 4 N–H and O–H groups in total. The number of carbonyl (C=O) groups is 1. The van der Waals surface area contributed by atoms with E-state index in [0.29, 0.717) is 33.9 Å². The largest absolute Gasteiger partial charge is 0.350 e. The number of amides is 1. The van der Waals surface area contributed by atoms with Crippen LogP contribution in [0.15, 0.2) is 29.6 Å². The number of halogens is 2. The number of benzene rings is 1. The Morgan fingerprint density at radius 1 is 1.24 bits per heavy atom. The summed E-state index contributed by atoms with van der Waals surface area (Å²) < 4.78 is 0. The van der Waals surface area contributed by atoms with Crippen LogP contribution in [-0.2, 0) is 6.42 Å². The minimum atomic E-state index is -0.142. The summed E-state index contributed by atoms with van der Waals surface area (Å²) in [6.07, 6.45) is 0.891. The smallest absolute Gasteiger partial charge is 0.263 e. The second kappa shape index (κ2) is 9.91. The summed E-state index contributed by atoms with van der Waals surface area (Å²) in [4.78, 5) is 18.9. The number of hydrogen-bond acceptors (Lipinski definition) is 6. The zero-order valence-corrected chi connectivity index (χ0v) is 19.2. The van der Waals surface area contributed by atoms with E-state index < -0.39 is 0 Å². The summed E-state index contributed by atoms with van der Waals surface area (Å²) in [7, 11) is 0. The summed E-state index contributed by atoms with van der Waals surface area (Å²) in [6, 6.07) is 7.42. The first-order valence-corrected chi connectivity index (χ1v) is 11.6. The fraction of sp³-hybridized carbons (Fsp3) is 0.300. The van der Waals surface area contributed by atoms with Crippen LogP contribution in [0, 0.1) is 5.92 Å². The fourth-order valence-electron chi connectivity index (χ4n) is 2.75. The first kappa shape index (κ1) is 22.1. The van der Waals surface area contributed by atoms with Crippen molar-refractivity contribution in [3.63, 3.8) is 0 Å². The van der Waals surface area contributed by atoms with Gasteiger partial charge in [0.05, 0.1) is 21.4 Å². The molecule has 0 aliphatic carbocycles. The van der Waals surface area contributed by atoms with E-state index in [9.17, 15) is 4.79 Å². The number of nitrogens with one attached hydrogen (secondary N) is 2. The molecule has 0 saturated heterocycles. The first-order valence-electron chi connectivity index (χ1n) is 9.17. The van der Waals surface area contributed by atoms with Crippen molar-refractivity contribution in [3.8, 4) is 11.3 Å². The molecule has 3 aromatic rings. The van der Waals surface area contributed by atoms with Crippen LogP contribution in [0.3, 0.4) is 0 Å². The van der Waals surface area contributed by atoms with E-state index in [1.807, 2.05) is 23.6 Å². The highest BCUT2D eigenvalue weighted by atomic mass is 35.5. The van der Waals surface area contributed by atoms with Gasteiger partial charge >= 0.3 is 0 Å². The molecule has 0 bridgehead atoms. The average molecular weight is 469 g/mol. The molecule has 0 unspecified atom stereocenters. The molecule has 0 spiro atoms. The van der Waals surface area contributed by atoms with Gasteiger partial charge < -0.3 is 16.4 Å². The normalized spacial score (nSPS) is 11.1. The number of hydrogen-bond donors (Lipinski definition) is 3. The third-order valence-electron chi connectivity index (χ3n) is 4.03. The molecule has 0 aliphatic heterocycles. The summed E-state index contributed by atoms with van der Waals surface area (Å²) >= 11 is 15.2. The maximum absolute atomic E-state index is 12.3. The lowest BCUT2D eigenvalue weighted by Gasteiger charge is -2.06. The summed E-state index contributed by atoms with van der Waals surface area (Å²) in [6.45, 7) is 5.18. The quantitative estimate of drug-likeness (QED) is 0.389. The fourth-order valence-corrected chi connectivity index (χ4v) is 5.02. The predicted molar refractivity (Wildman–Crippen MR) is 125 cm³/mol. The van der Waals surface area contributed by atoms with Gasteiger partial charge in [-0.25, -0.2) is 4.98 Å². The Labute approximate surface area is 188 Å². The van der Waals surface area contributed by atoms with Gasteiger partial charge in [-0.3, -0.25) is 4.79 Å². The molecule has 0 radical (unpaired) electrons. The summed E-state index contributed by atoms with van der Waals surface area (Å²) in [5.74, 6) is 0.334. The van der Waals surface area contributed by atoms with E-state index >= 15 is 0 Å². The molecule has 29 heavy (non-hydrogen) atoms. The predicted octanol–water partition coefficient (Wildman–Crippen LogP) is 5.81. The second-order valence-electron chi connectivity index (χ2n) is 6.85. The Morgan fingerprint density at radius 3 is 2.72 bits per heavy atom. The zero-order chi connectivity index (χ0) is 21.0. The Balaban J connectivity index is 1.91. The Hall–Kier alpha value is -1.64. The number of anilines is 2. The molecule has 1 amide bonds. The molecule has 0 aliphatic rings. The number of aromatic nitrogens is 1. The standard InChI is InChI=1S/C20H22Cl2N4OS2/c1-11(2)9-16-17(12-3-4-13(21)14(22)10-12)26-20(29-16)25-15-5-8-28-18(15)19(27)24-7-6-23/h3-5,8,10-11H,6-7,9,23H2,1-2H3,(H,24,27)(H,25,26). The van der Waals surface area contributed by atoms with Crippen LogP contribution in [0.5, 0.6) is 0 Å². The lowest BCUT2D eigenvalue weighted by atomic mass is 10.0. The number of thiophene rings is 1. The number of nitrogens with two attached hydrogens (primary N) is 1. The van der Waals surface area contributed by atoms with Crippen molar-refractivity contribution in [3.05, 3.63) is 49.4 Å². The number of nitrogens with zero attached hydrogens (tertiary/aromatic N) is 1. The minimum absolute atomic E-state index is 0.142. The van der Waals surface area contributed by atoms with Crippen molar-refractivity contribution in [2.24, 2.45) is 11.7 Å². The van der Waals surface area contributed by atoms with Gasteiger partial charge in [0.2, 0.25) is 0 Å². The van der Waals surface area contributed by atoms with Crippen LogP contribution in [0.2, 0.25) is 10.0 Å². The number of thiazole rings is 1. The van der Waals surface area contributed by atoms with E-state index in [4.69, 9.17) is 33.9 Å². The van der Waals surface area contributed by atoms with Gasteiger partial charge in [0, 0.05) is 23.5 Å². The van der Waals surface area contributed by atoms with Gasteiger partial charge in [-0.1, -0.05) is 43.1 Å². The molecular weight excluding hydrogens is 447 g/mol. The van der Waals surface area contributed by atoms with E-state index in [1.54, 1.807) is 17.4 Å². The highest BCUT2D eigenvalue weighted by Crippen LogP contribution is 2.37. The van der Waals surface area contributed by atoms with E-state index in [0.717, 1.165) is 33.4 Å². The van der Waals surface area contributed by atoms with Crippen molar-refractivity contribution in [2.45, 2.75) is 20.3 Å². The number of carbonyl (C=O) groups excluding carboxylic acids is 1. The number of rotatable bonds is 8. The summed E-state index contributed by atoms with van der Waals surface area (Å²) in [5.41, 5.74) is 8.01. The Morgan fingerprint density at radius 2 is 2.03 bits per heavy atom. The molecule has 2 aromatic heterocycles. The van der Waals surface area contributed by atoms with Crippen molar-refractivity contribution in [1.82, 2.24) is 10.3 Å². The maximum atomic E-state index is 12.3. The minimum Gasteiger partial charge on any atom is -0.350 e. The van der Waals surface area contributed by atoms with Gasteiger partial charge in [0.1, 0.15) is 4.88 Å². The highest BCUT2D eigenvalue weighted by Gasteiger charge is 2.18. The van der Waals surface area contributed by atoms with Gasteiger partial charge in [0.25, 0.3) is 5.91 Å². The van der Waals surface area contributed by atoms with Crippen LogP contribution in [0.1, 0.15) is 28.4 Å². The van der Waals surface area contributed by atoms with Gasteiger partial charge in [-0.15, -0.1) is 22.7 Å². The Kier molecular flexibility index (Phi) is 7.54. The molecule has 0 atom stereocenters. The first-order chi connectivity index (χ1) is 13.9. The van der Waals surface area contributed by atoms with Crippen LogP contribution in [-0.4, -0.2) is 24.0 Å². The summed E-state index contributed by atoms with van der Waals surface area (Å²) in [5, 5.41) is 9.73. The Bertz CT molecular complexity index is 1000. The van der Waals surface area contributed by atoms with Crippen LogP contribution < -0.4 is 16.4 Å². The van der Waals surface area contributed by atoms with Crippen molar-refractivity contribution in [2.75, 3.05) is 18.4 Å². The molecule has 0 fully saturated rings. The monoisotopic (exact) mass is 468 g/mol. The molecule has 3 rings (SSSR count). The second-order valence-corrected chi connectivity index (χ2v) is 9.66. The van der Waals surface area contributed by atoms with E-state index in [-0.39, 0.29) is 5.91 Å². The topological polar surface area (TPSA) is 80.0 Å². The molecular formula is C20H22Cl2N4OS2. The lowest BCUT2D eigenvalue weighted by molar-refractivity contribution is 0.0959. The van der Waals surface area contributed by atoms with Gasteiger partial charge in [0.15, 0.2) is 5.13 Å². The van der Waals surface area contributed by atoms with E-state index in [1.165, 1.54) is 11.3 Å². The maximum Gasteiger partial charge on any atom is 0.263 e. The van der Waals surface area contributed by atoms with Crippen molar-refractivity contribution < 1.29 is 4.79 Å². The zero-order valence-electron chi connectivity index (χ0n) is 16.1. The van der Waals surface area contributed by atoms with Gasteiger partial charge in [-0.05, 0) is 35.9 Å². The van der Waals surface area contributed by atoms with Crippen molar-refractivity contribution >= 4 is 62.6 Å². The van der Waals surface area contributed by atoms with Crippen molar-refractivity contribution in [1.29, 1.82) is 0 Å². The third-order valence-corrected chi connectivity index (χ3v) is 6.67. The SMILES string of the molecule is CC(C)Cc1sc(Nc2ccsc2C(=O)NCCN)nc1-c1ccc(Cl)c(Cl)c1. The molecule has 5 nitrogen and oxygen atoms in total. The van der Waals surface area contributed by atoms with Crippen LogP contribution in [0.25, 0.3) is 11.3 Å². The lowest BCUT2D eigenvalue weighted by Crippen LogP contribution is -2.28. The molecule has 2 heterocycles. The molecule has 9 heteroatoms. The highest BCUT2D eigenvalue weighted by molar-refractivity contribution is 7.16. The molecule has 154 valence electrons. The average Bonchev–Trinajstić information content (AvgIpc) is 3.29.